The van der Waals surface area contributed by atoms with Gasteiger partial charge in [0.05, 0.1) is 16.3 Å². The summed E-state index contributed by atoms with van der Waals surface area (Å²) in [5.74, 6) is -1.25. The molecule has 3 rings (SSSR count). The van der Waals surface area contributed by atoms with Crippen molar-refractivity contribution in [2.45, 2.75) is 4.90 Å². The molecule has 0 atom stereocenters. The largest absolute Gasteiger partial charge is 0.319 e. The molecule has 0 saturated heterocycles. The van der Waals surface area contributed by atoms with E-state index in [4.69, 9.17) is 11.6 Å². The molecule has 0 unspecified atom stereocenters. The molecule has 27 heavy (non-hydrogen) atoms. The fourth-order valence-electron chi connectivity index (χ4n) is 2.20. The van der Waals surface area contributed by atoms with E-state index in [1.165, 1.54) is 60.9 Å². The average Bonchev–Trinajstić information content (AvgIpc) is 2.64. The van der Waals surface area contributed by atoms with Crippen molar-refractivity contribution in [1.82, 2.24) is 4.98 Å². The SMILES string of the molecule is O=C(Nc1ccc(Cl)cc1F)c1ccc(S(=O)(=O)Nc2ccncc2)cc1. The summed E-state index contributed by atoms with van der Waals surface area (Å²) in [6.45, 7) is 0. The molecule has 0 fully saturated rings. The second kappa shape index (κ2) is 7.73. The van der Waals surface area contributed by atoms with Gasteiger partial charge in [0.25, 0.3) is 15.9 Å². The molecular weight excluding hydrogens is 393 g/mol. The Bertz CT molecular complexity index is 1070. The Morgan fingerprint density at radius 2 is 1.67 bits per heavy atom. The monoisotopic (exact) mass is 405 g/mol. The highest BCUT2D eigenvalue weighted by atomic mass is 35.5. The topological polar surface area (TPSA) is 88.2 Å². The summed E-state index contributed by atoms with van der Waals surface area (Å²) in [6.07, 6.45) is 2.92. The lowest BCUT2D eigenvalue weighted by molar-refractivity contribution is 0.102. The van der Waals surface area contributed by atoms with Crippen LogP contribution >= 0.6 is 11.6 Å². The molecule has 3 aromatic rings. The second-order valence-electron chi connectivity index (χ2n) is 5.44. The third kappa shape index (κ3) is 4.60. The van der Waals surface area contributed by atoms with E-state index in [9.17, 15) is 17.6 Å². The highest BCUT2D eigenvalue weighted by Gasteiger charge is 2.16. The number of amides is 1. The Morgan fingerprint density at radius 3 is 2.30 bits per heavy atom. The second-order valence-corrected chi connectivity index (χ2v) is 7.56. The van der Waals surface area contributed by atoms with Gasteiger partial charge in [0.15, 0.2) is 0 Å². The summed E-state index contributed by atoms with van der Waals surface area (Å²) in [5.41, 5.74) is 0.512. The number of rotatable bonds is 5. The standard InChI is InChI=1S/C18H13ClFN3O3S/c19-13-3-6-17(16(20)11-13)22-18(24)12-1-4-15(5-2-12)27(25,26)23-14-7-9-21-10-8-14/h1-11H,(H,21,23)(H,22,24). The van der Waals surface area contributed by atoms with Crippen molar-refractivity contribution in [3.05, 3.63) is 83.4 Å². The molecule has 1 amide bonds. The summed E-state index contributed by atoms with van der Waals surface area (Å²) in [4.78, 5) is 16.0. The maximum absolute atomic E-state index is 13.8. The fourth-order valence-corrected chi connectivity index (χ4v) is 3.42. The number of benzene rings is 2. The number of halogens is 2. The third-order valence-corrected chi connectivity index (χ3v) is 5.17. The quantitative estimate of drug-likeness (QED) is 0.673. The maximum atomic E-state index is 13.8. The molecule has 0 aliphatic carbocycles. The number of hydrogen-bond acceptors (Lipinski definition) is 4. The smallest absolute Gasteiger partial charge is 0.261 e. The van der Waals surface area contributed by atoms with Crippen molar-refractivity contribution >= 4 is 38.9 Å². The fraction of sp³-hybridized carbons (Fsp3) is 0. The molecule has 6 nitrogen and oxygen atoms in total. The van der Waals surface area contributed by atoms with Crippen LogP contribution < -0.4 is 10.0 Å². The first-order chi connectivity index (χ1) is 12.8. The van der Waals surface area contributed by atoms with Crippen LogP contribution in [0.4, 0.5) is 15.8 Å². The number of hydrogen-bond donors (Lipinski definition) is 2. The minimum absolute atomic E-state index is 0.0199. The molecule has 0 saturated carbocycles. The van der Waals surface area contributed by atoms with Crippen molar-refractivity contribution in [2.75, 3.05) is 10.0 Å². The van der Waals surface area contributed by atoms with Crippen LogP contribution in [0.1, 0.15) is 10.4 Å². The lowest BCUT2D eigenvalue weighted by Crippen LogP contribution is -2.15. The van der Waals surface area contributed by atoms with E-state index < -0.39 is 21.7 Å². The van der Waals surface area contributed by atoms with Crippen LogP contribution in [0.5, 0.6) is 0 Å². The summed E-state index contributed by atoms with van der Waals surface area (Å²) in [7, 11) is -3.81. The minimum atomic E-state index is -3.81. The molecule has 0 bridgehead atoms. The van der Waals surface area contributed by atoms with Gasteiger partial charge in [0.1, 0.15) is 5.82 Å². The first kappa shape index (κ1) is 18.8. The Labute approximate surface area is 160 Å². The van der Waals surface area contributed by atoms with Gasteiger partial charge in [0.2, 0.25) is 0 Å². The first-order valence-corrected chi connectivity index (χ1v) is 9.50. The van der Waals surface area contributed by atoms with Crippen molar-refractivity contribution < 1.29 is 17.6 Å². The molecule has 0 spiro atoms. The van der Waals surface area contributed by atoms with Crippen LogP contribution in [0.25, 0.3) is 0 Å². The third-order valence-electron chi connectivity index (χ3n) is 3.54. The van der Waals surface area contributed by atoms with Crippen molar-refractivity contribution in [3.8, 4) is 0 Å². The molecule has 1 heterocycles. The van der Waals surface area contributed by atoms with Gasteiger partial charge in [-0.1, -0.05) is 11.6 Å². The van der Waals surface area contributed by atoms with Gasteiger partial charge >= 0.3 is 0 Å². The van der Waals surface area contributed by atoms with E-state index in [-0.39, 0.29) is 21.2 Å². The highest BCUT2D eigenvalue weighted by Crippen LogP contribution is 2.20. The summed E-state index contributed by atoms with van der Waals surface area (Å²) < 4.78 is 40.9. The number of nitrogens with one attached hydrogen (secondary N) is 2. The molecule has 0 radical (unpaired) electrons. The van der Waals surface area contributed by atoms with Gasteiger partial charge in [-0.05, 0) is 54.6 Å². The predicted molar refractivity (Wildman–Crippen MR) is 101 cm³/mol. The minimum Gasteiger partial charge on any atom is -0.319 e. The Hall–Kier alpha value is -2.97. The Balaban J connectivity index is 1.75. The van der Waals surface area contributed by atoms with Gasteiger partial charge in [-0.15, -0.1) is 0 Å². The van der Waals surface area contributed by atoms with Gasteiger partial charge < -0.3 is 5.32 Å². The van der Waals surface area contributed by atoms with Crippen molar-refractivity contribution in [2.24, 2.45) is 0 Å². The summed E-state index contributed by atoms with van der Waals surface area (Å²) >= 11 is 5.67. The molecule has 1 aromatic heterocycles. The van der Waals surface area contributed by atoms with Gasteiger partial charge in [-0.25, -0.2) is 12.8 Å². The average molecular weight is 406 g/mol. The van der Waals surface area contributed by atoms with Crippen LogP contribution in [0, 0.1) is 5.82 Å². The number of anilines is 2. The van der Waals surface area contributed by atoms with E-state index in [0.29, 0.717) is 5.69 Å². The molecule has 0 aliphatic rings. The van der Waals surface area contributed by atoms with Crippen molar-refractivity contribution in [1.29, 1.82) is 0 Å². The lowest BCUT2D eigenvalue weighted by Gasteiger charge is -2.09. The number of nitrogens with zero attached hydrogens (tertiary/aromatic N) is 1. The van der Waals surface area contributed by atoms with Crippen molar-refractivity contribution in [3.63, 3.8) is 0 Å². The zero-order valence-corrected chi connectivity index (χ0v) is 15.3. The van der Waals surface area contributed by atoms with Crippen LogP contribution in [0.3, 0.4) is 0 Å². The molecule has 2 N–H and O–H groups in total. The number of carbonyl (C=O) groups excluding carboxylic acids is 1. The summed E-state index contributed by atoms with van der Waals surface area (Å²) in [6, 6.07) is 12.1. The van der Waals surface area contributed by atoms with E-state index >= 15 is 0 Å². The molecule has 0 aliphatic heterocycles. The lowest BCUT2D eigenvalue weighted by atomic mass is 10.2. The van der Waals surface area contributed by atoms with E-state index in [2.05, 4.69) is 15.0 Å². The zero-order valence-electron chi connectivity index (χ0n) is 13.7. The number of carbonyl (C=O) groups is 1. The van der Waals surface area contributed by atoms with Crippen LogP contribution in [0.2, 0.25) is 5.02 Å². The van der Waals surface area contributed by atoms with E-state index in [0.717, 1.165) is 6.07 Å². The van der Waals surface area contributed by atoms with Crippen LogP contribution in [-0.4, -0.2) is 19.3 Å². The molecule has 2 aromatic carbocycles. The van der Waals surface area contributed by atoms with Gasteiger partial charge in [0, 0.05) is 23.0 Å². The number of pyridine rings is 1. The van der Waals surface area contributed by atoms with Gasteiger partial charge in [-0.3, -0.25) is 14.5 Å². The number of sulfonamides is 1. The maximum Gasteiger partial charge on any atom is 0.261 e. The zero-order chi connectivity index (χ0) is 19.4. The van der Waals surface area contributed by atoms with E-state index in [1.807, 2.05) is 0 Å². The Morgan fingerprint density at radius 1 is 1.00 bits per heavy atom. The number of aromatic nitrogens is 1. The molecule has 138 valence electrons. The van der Waals surface area contributed by atoms with Crippen LogP contribution in [-0.2, 0) is 10.0 Å². The normalized spacial score (nSPS) is 11.0. The Kier molecular flexibility index (Phi) is 5.38. The molecular formula is C18H13ClFN3O3S. The van der Waals surface area contributed by atoms with E-state index in [1.54, 1.807) is 0 Å². The predicted octanol–water partition coefficient (Wildman–Crippen LogP) is 3.93. The van der Waals surface area contributed by atoms with Crippen LogP contribution in [0.15, 0.2) is 71.9 Å². The molecule has 9 heteroatoms. The van der Waals surface area contributed by atoms with Gasteiger partial charge in [-0.2, -0.15) is 0 Å². The highest BCUT2D eigenvalue weighted by molar-refractivity contribution is 7.92. The summed E-state index contributed by atoms with van der Waals surface area (Å²) in [5, 5.41) is 2.62. The first-order valence-electron chi connectivity index (χ1n) is 7.64.